The van der Waals surface area contributed by atoms with E-state index in [4.69, 9.17) is 0 Å². The van der Waals surface area contributed by atoms with Gasteiger partial charge in [0.1, 0.15) is 5.69 Å². The molecule has 214 valence electrons. The Labute approximate surface area is 225 Å². The van der Waals surface area contributed by atoms with E-state index in [-0.39, 0.29) is 34.2 Å². The number of carbonyl (C=O) groups is 1. The van der Waals surface area contributed by atoms with Crippen molar-refractivity contribution in [2.75, 3.05) is 25.0 Å². The molecule has 7 nitrogen and oxygen atoms in total. The van der Waals surface area contributed by atoms with E-state index in [0.717, 1.165) is 37.8 Å². The lowest BCUT2D eigenvalue weighted by molar-refractivity contribution is -0.141. The highest BCUT2D eigenvalue weighted by atomic mass is 19.4. The Hall–Kier alpha value is -3.61. The number of pyridine rings is 2. The van der Waals surface area contributed by atoms with E-state index < -0.39 is 36.1 Å². The molecule has 1 saturated carbocycles. The molecular weight excluding hydrogens is 540 g/mol. The highest BCUT2D eigenvalue weighted by molar-refractivity contribution is 5.94. The molecule has 1 aromatic carbocycles. The maximum atomic E-state index is 13.3. The maximum Gasteiger partial charge on any atom is 0.433 e. The van der Waals surface area contributed by atoms with E-state index in [9.17, 15) is 35.9 Å². The van der Waals surface area contributed by atoms with Crippen molar-refractivity contribution in [3.05, 3.63) is 70.3 Å². The van der Waals surface area contributed by atoms with Gasteiger partial charge in [-0.25, -0.2) is 4.98 Å². The average Bonchev–Trinajstić information content (AvgIpc) is 2.88. The summed E-state index contributed by atoms with van der Waals surface area (Å²) < 4.78 is 81.4. The van der Waals surface area contributed by atoms with Crippen LogP contribution in [0.2, 0.25) is 0 Å². The number of likely N-dealkylation sites (tertiary alicyclic amines) is 1. The molecule has 0 bridgehead atoms. The van der Waals surface area contributed by atoms with Gasteiger partial charge in [0.2, 0.25) is 5.91 Å². The molecule has 1 aliphatic carbocycles. The molecule has 5 rings (SSSR count). The fourth-order valence-electron chi connectivity index (χ4n) is 5.49. The monoisotopic (exact) mass is 567 g/mol. The molecule has 0 atom stereocenters. The van der Waals surface area contributed by atoms with E-state index in [2.05, 4.69) is 20.5 Å². The number of anilines is 1. The quantitative estimate of drug-likeness (QED) is 0.418. The summed E-state index contributed by atoms with van der Waals surface area (Å²) in [7, 11) is 0. The van der Waals surface area contributed by atoms with Gasteiger partial charge in [0.25, 0.3) is 5.56 Å². The number of aromatic nitrogens is 2. The van der Waals surface area contributed by atoms with Gasteiger partial charge in [0.05, 0.1) is 23.7 Å². The Balaban J connectivity index is 1.16. The first-order valence-electron chi connectivity index (χ1n) is 12.9. The average molecular weight is 568 g/mol. The van der Waals surface area contributed by atoms with Crippen molar-refractivity contribution in [3.63, 3.8) is 0 Å². The number of carbonyl (C=O) groups excluding carboxylic acids is 1. The van der Waals surface area contributed by atoms with Crippen molar-refractivity contribution in [1.82, 2.24) is 19.8 Å². The van der Waals surface area contributed by atoms with Gasteiger partial charge in [-0.05, 0) is 56.0 Å². The van der Waals surface area contributed by atoms with Crippen molar-refractivity contribution in [2.45, 2.75) is 56.2 Å². The van der Waals surface area contributed by atoms with Crippen LogP contribution in [-0.4, -0.2) is 52.1 Å². The Morgan fingerprint density at radius 2 is 1.62 bits per heavy atom. The number of nitrogens with one attached hydrogen (secondary N) is 2. The topological polar surface area (TPSA) is 79.3 Å². The minimum atomic E-state index is -4.82. The second kappa shape index (κ2) is 10.8. The Bertz CT molecular complexity index is 1440. The second-order valence-corrected chi connectivity index (χ2v) is 10.3. The summed E-state index contributed by atoms with van der Waals surface area (Å²) in [5.41, 5.74) is -2.85. The summed E-state index contributed by atoms with van der Waals surface area (Å²) in [6.45, 7) is 0.829. The number of alkyl halides is 6. The molecule has 0 radical (unpaired) electrons. The zero-order valence-electron chi connectivity index (χ0n) is 21.2. The van der Waals surface area contributed by atoms with Crippen molar-refractivity contribution in [2.24, 2.45) is 0 Å². The molecule has 1 amide bonds. The van der Waals surface area contributed by atoms with Crippen molar-refractivity contribution >= 4 is 22.5 Å². The molecule has 1 saturated heterocycles. The Morgan fingerprint density at radius 3 is 2.27 bits per heavy atom. The van der Waals surface area contributed by atoms with Crippen molar-refractivity contribution in [1.29, 1.82) is 0 Å². The number of halogens is 6. The summed E-state index contributed by atoms with van der Waals surface area (Å²) in [6.07, 6.45) is -4.11. The number of nitrogens with zero attached hydrogens (tertiary/aromatic N) is 3. The smallest absolute Gasteiger partial charge is 0.376 e. The van der Waals surface area contributed by atoms with Gasteiger partial charge in [0, 0.05) is 48.5 Å². The summed E-state index contributed by atoms with van der Waals surface area (Å²) in [5.74, 6) is -0.484. The van der Waals surface area contributed by atoms with Crippen LogP contribution in [0.4, 0.5) is 32.0 Å². The van der Waals surface area contributed by atoms with Crippen LogP contribution < -0.4 is 16.2 Å². The van der Waals surface area contributed by atoms with E-state index in [0.29, 0.717) is 31.3 Å². The van der Waals surface area contributed by atoms with Crippen molar-refractivity contribution < 1.29 is 31.1 Å². The van der Waals surface area contributed by atoms with Crippen LogP contribution in [0.25, 0.3) is 10.9 Å². The standard InChI is InChI=1S/C27H27F6N5O2/c28-26(29,30)16-4-9-21-20(11-16)22(12-23(36-21)27(31,32)33)34-13-24(39)35-17-14-37(15-17)18-5-7-19(8-6-18)38-10-2-1-3-25(38)40/h1-4,9-12,17-19H,5-8,13-15H2,(H,34,36)(H,35,39). The number of amides is 1. The zero-order chi connectivity index (χ0) is 28.7. The predicted octanol–water partition coefficient (Wildman–Crippen LogP) is 4.83. The highest BCUT2D eigenvalue weighted by Gasteiger charge is 2.37. The van der Waals surface area contributed by atoms with Gasteiger partial charge < -0.3 is 15.2 Å². The maximum absolute atomic E-state index is 13.3. The lowest BCUT2D eigenvalue weighted by Crippen LogP contribution is -2.63. The molecule has 2 fully saturated rings. The zero-order valence-corrected chi connectivity index (χ0v) is 21.2. The number of hydrogen-bond acceptors (Lipinski definition) is 5. The summed E-state index contributed by atoms with van der Waals surface area (Å²) >= 11 is 0. The van der Waals surface area contributed by atoms with E-state index in [1.807, 2.05) is 12.3 Å². The van der Waals surface area contributed by atoms with Crippen LogP contribution in [-0.2, 0) is 17.1 Å². The molecule has 2 aromatic heterocycles. The van der Waals surface area contributed by atoms with Gasteiger partial charge >= 0.3 is 12.4 Å². The lowest BCUT2D eigenvalue weighted by atomic mass is 9.88. The van der Waals surface area contributed by atoms with Crippen LogP contribution in [0.5, 0.6) is 0 Å². The molecular formula is C27H27F6N5O2. The molecule has 40 heavy (non-hydrogen) atoms. The largest absolute Gasteiger partial charge is 0.433 e. The molecule has 3 heterocycles. The molecule has 0 spiro atoms. The summed E-state index contributed by atoms with van der Waals surface area (Å²) in [4.78, 5) is 30.3. The number of rotatable bonds is 6. The predicted molar refractivity (Wildman–Crippen MR) is 136 cm³/mol. The van der Waals surface area contributed by atoms with Gasteiger partial charge in [-0.1, -0.05) is 6.07 Å². The molecule has 13 heteroatoms. The van der Waals surface area contributed by atoms with Crippen molar-refractivity contribution in [3.8, 4) is 0 Å². The van der Waals surface area contributed by atoms with Gasteiger partial charge in [0.15, 0.2) is 0 Å². The molecule has 2 N–H and O–H groups in total. The summed E-state index contributed by atoms with van der Waals surface area (Å²) in [6, 6.07) is 8.37. The minimum Gasteiger partial charge on any atom is -0.376 e. The minimum absolute atomic E-state index is 0.0125. The third-order valence-corrected chi connectivity index (χ3v) is 7.57. The SMILES string of the molecule is O=C(CNc1cc(C(F)(F)F)nc2ccc(C(F)(F)F)cc12)NC1CN(C2CCC(n3ccccc3=O)CC2)C1. The van der Waals surface area contributed by atoms with Gasteiger partial charge in [-0.15, -0.1) is 0 Å². The fourth-order valence-corrected chi connectivity index (χ4v) is 5.49. The van der Waals surface area contributed by atoms with Gasteiger partial charge in [-0.3, -0.25) is 14.5 Å². The van der Waals surface area contributed by atoms with Crippen LogP contribution in [0.3, 0.4) is 0 Å². The molecule has 1 aliphatic heterocycles. The third kappa shape index (κ3) is 6.08. The first kappa shape index (κ1) is 27.9. The third-order valence-electron chi connectivity index (χ3n) is 7.57. The summed E-state index contributed by atoms with van der Waals surface area (Å²) in [5, 5.41) is 5.22. The first-order chi connectivity index (χ1) is 18.9. The number of fused-ring (bicyclic) bond motifs is 1. The normalized spacial score (nSPS) is 20.8. The number of benzene rings is 1. The molecule has 2 aliphatic rings. The van der Waals surface area contributed by atoms with E-state index >= 15 is 0 Å². The Kier molecular flexibility index (Phi) is 7.51. The van der Waals surface area contributed by atoms with Crippen LogP contribution in [0.15, 0.2) is 53.5 Å². The fraction of sp³-hybridized carbons (Fsp3) is 0.444. The molecule has 3 aromatic rings. The van der Waals surface area contributed by atoms with Crippen LogP contribution in [0.1, 0.15) is 43.0 Å². The highest BCUT2D eigenvalue weighted by Crippen LogP contribution is 2.37. The van der Waals surface area contributed by atoms with Crippen LogP contribution in [0, 0.1) is 0 Å². The van der Waals surface area contributed by atoms with Gasteiger partial charge in [-0.2, -0.15) is 26.3 Å². The first-order valence-corrected chi connectivity index (χ1v) is 12.9. The van der Waals surface area contributed by atoms with E-state index in [1.165, 1.54) is 0 Å². The number of hydrogen-bond donors (Lipinski definition) is 2. The van der Waals surface area contributed by atoms with Crippen LogP contribution >= 0.6 is 0 Å². The second-order valence-electron chi connectivity index (χ2n) is 10.3. The lowest BCUT2D eigenvalue weighted by Gasteiger charge is -2.46. The Morgan fingerprint density at radius 1 is 0.925 bits per heavy atom. The molecule has 0 unspecified atom stereocenters. The van der Waals surface area contributed by atoms with E-state index in [1.54, 1.807) is 16.7 Å².